The molecule has 2 unspecified atom stereocenters. The lowest BCUT2D eigenvalue weighted by atomic mass is 9.72. The summed E-state index contributed by atoms with van der Waals surface area (Å²) in [5.41, 5.74) is 2.96. The third-order valence-corrected chi connectivity index (χ3v) is 6.67. The second-order valence-electron chi connectivity index (χ2n) is 8.43. The number of benzene rings is 2. The van der Waals surface area contributed by atoms with E-state index < -0.39 is 11.7 Å². The molecule has 0 radical (unpaired) electrons. The first-order chi connectivity index (χ1) is 15.5. The van der Waals surface area contributed by atoms with Gasteiger partial charge in [-0.1, -0.05) is 54.9 Å². The summed E-state index contributed by atoms with van der Waals surface area (Å²) >= 11 is 6.74. The lowest BCUT2D eigenvalue weighted by molar-refractivity contribution is -0.0416. The van der Waals surface area contributed by atoms with E-state index in [0.29, 0.717) is 31.0 Å². The fourth-order valence-corrected chi connectivity index (χ4v) is 4.96. The molecule has 6 heteroatoms. The summed E-state index contributed by atoms with van der Waals surface area (Å²) in [7, 11) is 0. The van der Waals surface area contributed by atoms with E-state index in [1.807, 2.05) is 24.3 Å². The van der Waals surface area contributed by atoms with Crippen molar-refractivity contribution >= 4 is 17.7 Å². The highest BCUT2D eigenvalue weighted by Gasteiger charge is 2.40. The zero-order valence-corrected chi connectivity index (χ0v) is 19.9. The molecule has 1 aliphatic rings. The van der Waals surface area contributed by atoms with Crippen molar-refractivity contribution in [2.75, 3.05) is 26.2 Å². The van der Waals surface area contributed by atoms with Gasteiger partial charge in [0.1, 0.15) is 0 Å². The predicted molar refractivity (Wildman–Crippen MR) is 130 cm³/mol. The average Bonchev–Trinajstić information content (AvgIpc) is 2.82. The SMILES string of the molecule is CCOC(=O)NCCCC(O)(c1cccc(Cl)c1-c1cccc(CC)c1)C1CCCNC1. The number of halogens is 1. The van der Waals surface area contributed by atoms with E-state index in [0.717, 1.165) is 49.0 Å². The van der Waals surface area contributed by atoms with Gasteiger partial charge in [-0.2, -0.15) is 0 Å². The van der Waals surface area contributed by atoms with E-state index >= 15 is 0 Å². The molecule has 1 aliphatic heterocycles. The highest BCUT2D eigenvalue weighted by molar-refractivity contribution is 6.33. The molecule has 0 aromatic heterocycles. The van der Waals surface area contributed by atoms with Crippen LogP contribution >= 0.6 is 11.6 Å². The van der Waals surface area contributed by atoms with Crippen molar-refractivity contribution in [1.82, 2.24) is 10.6 Å². The third-order valence-electron chi connectivity index (χ3n) is 6.36. The molecular weight excluding hydrogens is 424 g/mol. The molecule has 0 saturated carbocycles. The Bertz CT molecular complexity index is 898. The fraction of sp³-hybridized carbons (Fsp3) is 0.500. The Labute approximate surface area is 196 Å². The van der Waals surface area contributed by atoms with Crippen LogP contribution in [0.15, 0.2) is 42.5 Å². The Morgan fingerprint density at radius 2 is 2.09 bits per heavy atom. The van der Waals surface area contributed by atoms with Crippen molar-refractivity contribution in [1.29, 1.82) is 0 Å². The Hall–Kier alpha value is -2.08. The van der Waals surface area contributed by atoms with Crippen LogP contribution in [-0.4, -0.2) is 37.4 Å². The summed E-state index contributed by atoms with van der Waals surface area (Å²) in [6.07, 6.45) is 3.63. The molecule has 2 aromatic rings. The van der Waals surface area contributed by atoms with Gasteiger partial charge in [0.05, 0.1) is 12.2 Å². The van der Waals surface area contributed by atoms with Gasteiger partial charge in [-0.3, -0.25) is 0 Å². The van der Waals surface area contributed by atoms with Crippen molar-refractivity contribution in [2.45, 2.75) is 51.6 Å². The number of carbonyl (C=O) groups excluding carboxylic acids is 1. The monoisotopic (exact) mass is 458 g/mol. The van der Waals surface area contributed by atoms with Crippen LogP contribution in [-0.2, 0) is 16.8 Å². The maximum atomic E-state index is 12.2. The Balaban J connectivity index is 1.95. The van der Waals surface area contributed by atoms with E-state index in [1.165, 1.54) is 5.56 Å². The van der Waals surface area contributed by atoms with Crippen molar-refractivity contribution in [3.05, 3.63) is 58.6 Å². The maximum Gasteiger partial charge on any atom is 0.407 e. The number of alkyl carbamates (subject to hydrolysis) is 1. The van der Waals surface area contributed by atoms with Crippen LogP contribution < -0.4 is 10.6 Å². The minimum Gasteiger partial charge on any atom is -0.450 e. The van der Waals surface area contributed by atoms with Gasteiger partial charge in [0.15, 0.2) is 0 Å². The number of nitrogens with one attached hydrogen (secondary N) is 2. The number of rotatable bonds is 9. The van der Waals surface area contributed by atoms with Crippen LogP contribution in [0.3, 0.4) is 0 Å². The van der Waals surface area contributed by atoms with Crippen molar-refractivity contribution in [3.8, 4) is 11.1 Å². The number of piperidine rings is 1. The molecule has 0 spiro atoms. The molecule has 32 heavy (non-hydrogen) atoms. The van der Waals surface area contributed by atoms with Crippen molar-refractivity contribution in [2.24, 2.45) is 5.92 Å². The van der Waals surface area contributed by atoms with Gasteiger partial charge >= 0.3 is 6.09 Å². The Kier molecular flexibility index (Phi) is 8.97. The molecule has 0 aliphatic carbocycles. The van der Waals surface area contributed by atoms with E-state index in [4.69, 9.17) is 16.3 Å². The lowest BCUT2D eigenvalue weighted by Crippen LogP contribution is -2.45. The minimum absolute atomic E-state index is 0.0606. The molecular formula is C26H35ClN2O3. The number of aliphatic hydroxyl groups is 1. The van der Waals surface area contributed by atoms with Crippen LogP contribution in [0, 0.1) is 5.92 Å². The smallest absolute Gasteiger partial charge is 0.407 e. The van der Waals surface area contributed by atoms with Crippen LogP contribution in [0.1, 0.15) is 50.7 Å². The number of carbonyl (C=O) groups is 1. The first-order valence-corrected chi connectivity index (χ1v) is 12.1. The number of amides is 1. The van der Waals surface area contributed by atoms with Crippen molar-refractivity contribution < 1.29 is 14.6 Å². The molecule has 5 nitrogen and oxygen atoms in total. The summed E-state index contributed by atoms with van der Waals surface area (Å²) in [5.74, 6) is 0.0606. The van der Waals surface area contributed by atoms with Crippen molar-refractivity contribution in [3.63, 3.8) is 0 Å². The summed E-state index contributed by atoms with van der Waals surface area (Å²) < 4.78 is 4.95. The Morgan fingerprint density at radius 3 is 2.81 bits per heavy atom. The number of hydrogen-bond acceptors (Lipinski definition) is 4. The highest BCUT2D eigenvalue weighted by Crippen LogP contribution is 2.44. The van der Waals surface area contributed by atoms with Crippen LogP contribution in [0.5, 0.6) is 0 Å². The van der Waals surface area contributed by atoms with Gasteiger partial charge < -0.3 is 20.5 Å². The van der Waals surface area contributed by atoms with E-state index in [1.54, 1.807) is 6.92 Å². The van der Waals surface area contributed by atoms with Crippen LogP contribution in [0.2, 0.25) is 5.02 Å². The summed E-state index contributed by atoms with van der Waals surface area (Å²) in [6.45, 7) is 6.42. The van der Waals surface area contributed by atoms with Crippen LogP contribution in [0.4, 0.5) is 4.79 Å². The molecule has 2 aromatic carbocycles. The largest absolute Gasteiger partial charge is 0.450 e. The van der Waals surface area contributed by atoms with Gasteiger partial charge in [-0.15, -0.1) is 0 Å². The summed E-state index contributed by atoms with van der Waals surface area (Å²) in [4.78, 5) is 11.7. The van der Waals surface area contributed by atoms with E-state index in [9.17, 15) is 9.90 Å². The molecule has 3 rings (SSSR count). The quantitative estimate of drug-likeness (QED) is 0.447. The van der Waals surface area contributed by atoms with Gasteiger partial charge in [0.2, 0.25) is 0 Å². The molecule has 1 saturated heterocycles. The molecule has 3 N–H and O–H groups in total. The topological polar surface area (TPSA) is 70.6 Å². The zero-order chi connectivity index (χ0) is 23.0. The normalized spacial score (nSPS) is 18.1. The molecule has 174 valence electrons. The molecule has 1 fully saturated rings. The molecule has 1 amide bonds. The van der Waals surface area contributed by atoms with Gasteiger partial charge in [0.25, 0.3) is 0 Å². The standard InChI is InChI=1S/C26H35ClN2O3/c1-3-19-9-5-10-20(17-19)24-22(12-6-13-23(24)27)26(31,21-11-7-15-28-18-21)14-8-16-29-25(30)32-4-2/h5-6,9-10,12-13,17,21,28,31H,3-4,7-8,11,14-16,18H2,1-2H3,(H,29,30). The summed E-state index contributed by atoms with van der Waals surface area (Å²) in [5, 5.41) is 19.1. The van der Waals surface area contributed by atoms with Gasteiger partial charge in [0, 0.05) is 29.6 Å². The maximum absolute atomic E-state index is 12.2. The average molecular weight is 459 g/mol. The second-order valence-corrected chi connectivity index (χ2v) is 8.84. The van der Waals surface area contributed by atoms with E-state index in [-0.39, 0.29) is 5.92 Å². The predicted octanol–water partition coefficient (Wildman–Crippen LogP) is 5.28. The summed E-state index contributed by atoms with van der Waals surface area (Å²) in [6, 6.07) is 14.2. The lowest BCUT2D eigenvalue weighted by Gasteiger charge is -2.40. The number of hydrogen-bond donors (Lipinski definition) is 3. The Morgan fingerprint density at radius 1 is 1.28 bits per heavy atom. The fourth-order valence-electron chi connectivity index (χ4n) is 4.67. The van der Waals surface area contributed by atoms with Gasteiger partial charge in [-0.25, -0.2) is 4.79 Å². The van der Waals surface area contributed by atoms with Crippen LogP contribution in [0.25, 0.3) is 11.1 Å². The van der Waals surface area contributed by atoms with E-state index in [2.05, 4.69) is 35.8 Å². The first-order valence-electron chi connectivity index (χ1n) is 11.7. The zero-order valence-electron chi connectivity index (χ0n) is 19.1. The number of ether oxygens (including phenoxy) is 1. The minimum atomic E-state index is -1.06. The second kappa shape index (κ2) is 11.7. The third kappa shape index (κ3) is 5.83. The molecule has 0 bridgehead atoms. The highest BCUT2D eigenvalue weighted by atomic mass is 35.5. The molecule has 2 atom stereocenters. The molecule has 1 heterocycles. The number of aryl methyl sites for hydroxylation is 1. The first kappa shape index (κ1) is 24.6. The van der Waals surface area contributed by atoms with Gasteiger partial charge in [-0.05, 0) is 68.3 Å².